The molecule has 0 bridgehead atoms. The number of H-pyrrole nitrogens is 1. The van der Waals surface area contributed by atoms with E-state index in [0.717, 1.165) is 5.39 Å². The number of fused-ring (bicyclic) bond motifs is 1. The highest BCUT2D eigenvalue weighted by Crippen LogP contribution is 2.14. The lowest BCUT2D eigenvalue weighted by molar-refractivity contribution is -0.134. The second-order valence-corrected chi connectivity index (χ2v) is 3.51. The molecule has 1 aromatic heterocycles. The van der Waals surface area contributed by atoms with Crippen molar-refractivity contribution in [2.24, 2.45) is 5.73 Å². The van der Waals surface area contributed by atoms with Gasteiger partial charge in [-0.25, -0.2) is 9.59 Å². The van der Waals surface area contributed by atoms with E-state index in [1.54, 1.807) is 18.3 Å². The number of rotatable bonds is 3. The maximum atomic E-state index is 10.9. The van der Waals surface area contributed by atoms with E-state index in [4.69, 9.17) is 15.9 Å². The van der Waals surface area contributed by atoms with E-state index in [1.165, 1.54) is 0 Å². The summed E-state index contributed by atoms with van der Waals surface area (Å²) in [7, 11) is 0. The topological polar surface area (TPSA) is 146 Å². The number of carbonyl (C=O) groups excluding carboxylic acids is 1. The smallest absolute Gasteiger partial charge is 0.328 e. The third-order valence-electron chi connectivity index (χ3n) is 2.11. The van der Waals surface area contributed by atoms with Crippen LogP contribution in [-0.4, -0.2) is 38.3 Å². The Morgan fingerprint density at radius 1 is 1.15 bits per heavy atom. The summed E-state index contributed by atoms with van der Waals surface area (Å²) in [6.07, 6.45) is 2.77. The lowest BCUT2D eigenvalue weighted by Crippen LogP contribution is -2.11. The first-order valence-corrected chi connectivity index (χ1v) is 5.27. The molecule has 1 aromatic carbocycles. The largest absolute Gasteiger partial charge is 0.478 e. The fourth-order valence-electron chi connectivity index (χ4n) is 1.32. The average Bonchev–Trinajstić information content (AvgIpc) is 2.84. The number of carboxylic acids is 2. The minimum atomic E-state index is -1.26. The molecule has 8 nitrogen and oxygen atoms in total. The fourth-order valence-corrected chi connectivity index (χ4v) is 1.32. The Labute approximate surface area is 112 Å². The van der Waals surface area contributed by atoms with Gasteiger partial charge in [-0.15, -0.1) is 0 Å². The van der Waals surface area contributed by atoms with E-state index in [9.17, 15) is 14.4 Å². The van der Waals surface area contributed by atoms with Crippen LogP contribution in [0.2, 0.25) is 0 Å². The minimum absolute atomic E-state index is 0.440. The predicted molar refractivity (Wildman–Crippen MR) is 69.0 cm³/mol. The number of aromatic amines is 1. The Hall–Kier alpha value is -3.16. The van der Waals surface area contributed by atoms with Gasteiger partial charge in [-0.2, -0.15) is 5.10 Å². The molecule has 0 saturated heterocycles. The second kappa shape index (κ2) is 6.69. The van der Waals surface area contributed by atoms with Gasteiger partial charge in [0.05, 0.1) is 17.3 Å². The number of carbonyl (C=O) groups is 3. The molecule has 0 saturated carbocycles. The van der Waals surface area contributed by atoms with Crippen LogP contribution in [-0.2, 0) is 9.59 Å². The molecule has 20 heavy (non-hydrogen) atoms. The van der Waals surface area contributed by atoms with Crippen molar-refractivity contribution in [3.8, 4) is 0 Å². The highest BCUT2D eigenvalue weighted by atomic mass is 16.4. The molecule has 0 aliphatic carbocycles. The van der Waals surface area contributed by atoms with E-state index in [0.29, 0.717) is 23.2 Å². The van der Waals surface area contributed by atoms with Crippen LogP contribution in [0, 0.1) is 0 Å². The van der Waals surface area contributed by atoms with Gasteiger partial charge in [-0.3, -0.25) is 9.89 Å². The molecule has 1 amide bonds. The number of benzene rings is 1. The van der Waals surface area contributed by atoms with E-state index in [2.05, 4.69) is 10.2 Å². The SMILES string of the molecule is NC(=O)c1cccc2cn[nH]c12.O=C(O)C=CC(=O)O. The first-order valence-electron chi connectivity index (χ1n) is 5.27. The summed E-state index contributed by atoms with van der Waals surface area (Å²) in [6, 6.07) is 5.31. The summed E-state index contributed by atoms with van der Waals surface area (Å²) in [4.78, 5) is 30.0. The van der Waals surface area contributed by atoms with Crippen molar-refractivity contribution in [3.05, 3.63) is 42.1 Å². The van der Waals surface area contributed by atoms with E-state index in [1.807, 2.05) is 6.07 Å². The van der Waals surface area contributed by atoms with Gasteiger partial charge in [0.25, 0.3) is 5.91 Å². The van der Waals surface area contributed by atoms with Gasteiger partial charge >= 0.3 is 11.9 Å². The molecule has 0 aliphatic rings. The second-order valence-electron chi connectivity index (χ2n) is 3.51. The number of primary amides is 1. The third-order valence-corrected chi connectivity index (χ3v) is 2.11. The number of aromatic nitrogens is 2. The molecule has 0 fully saturated rings. The zero-order valence-corrected chi connectivity index (χ0v) is 10.1. The quantitative estimate of drug-likeness (QED) is 0.596. The summed E-state index contributed by atoms with van der Waals surface area (Å²) in [5.74, 6) is -2.95. The standard InChI is InChI=1S/C8H7N3O.C4H4O4/c9-8(12)6-3-1-2-5-4-10-11-7(5)6;5-3(6)1-2-4(7)8/h1-4H,(H2,9,12)(H,10,11);1-2H,(H,5,6)(H,7,8). The van der Waals surface area contributed by atoms with Crippen LogP contribution in [0.5, 0.6) is 0 Å². The zero-order valence-electron chi connectivity index (χ0n) is 10.1. The van der Waals surface area contributed by atoms with Crippen molar-refractivity contribution in [3.63, 3.8) is 0 Å². The molecule has 0 atom stereocenters. The Morgan fingerprint density at radius 3 is 2.25 bits per heavy atom. The monoisotopic (exact) mass is 277 g/mol. The first-order chi connectivity index (χ1) is 9.41. The molecule has 0 aliphatic heterocycles. The van der Waals surface area contributed by atoms with Crippen molar-refractivity contribution in [1.29, 1.82) is 0 Å². The lowest BCUT2D eigenvalue weighted by Gasteiger charge is -1.95. The Morgan fingerprint density at radius 2 is 1.75 bits per heavy atom. The minimum Gasteiger partial charge on any atom is -0.478 e. The fraction of sp³-hybridized carbons (Fsp3) is 0. The number of carboxylic acid groups (broad SMARTS) is 2. The van der Waals surface area contributed by atoms with Crippen LogP contribution in [0.25, 0.3) is 10.9 Å². The molecule has 2 rings (SSSR count). The van der Waals surface area contributed by atoms with E-state index >= 15 is 0 Å². The van der Waals surface area contributed by atoms with Crippen LogP contribution in [0.3, 0.4) is 0 Å². The van der Waals surface area contributed by atoms with Gasteiger partial charge in [-0.1, -0.05) is 12.1 Å². The van der Waals surface area contributed by atoms with Crippen molar-refractivity contribution >= 4 is 28.7 Å². The van der Waals surface area contributed by atoms with Gasteiger partial charge in [-0.05, 0) is 6.07 Å². The third kappa shape index (κ3) is 4.26. The summed E-state index contributed by atoms with van der Waals surface area (Å²) >= 11 is 0. The average molecular weight is 277 g/mol. The molecular formula is C12H11N3O5. The molecule has 2 aromatic rings. The summed E-state index contributed by atoms with van der Waals surface area (Å²) in [6.45, 7) is 0. The molecule has 104 valence electrons. The number of nitrogens with one attached hydrogen (secondary N) is 1. The number of nitrogens with two attached hydrogens (primary N) is 1. The van der Waals surface area contributed by atoms with Crippen LogP contribution >= 0.6 is 0 Å². The predicted octanol–water partition coefficient (Wildman–Crippen LogP) is 0.374. The number of para-hydroxylation sites is 1. The van der Waals surface area contributed by atoms with E-state index < -0.39 is 17.8 Å². The molecule has 5 N–H and O–H groups in total. The maximum Gasteiger partial charge on any atom is 0.328 e. The first kappa shape index (κ1) is 14.9. The van der Waals surface area contributed by atoms with E-state index in [-0.39, 0.29) is 0 Å². The number of aliphatic carboxylic acids is 2. The summed E-state index contributed by atoms with van der Waals surface area (Å²) < 4.78 is 0. The van der Waals surface area contributed by atoms with Gasteiger partial charge in [0.1, 0.15) is 0 Å². The van der Waals surface area contributed by atoms with Gasteiger partial charge < -0.3 is 15.9 Å². The molecule has 0 radical (unpaired) electrons. The number of hydrogen-bond acceptors (Lipinski definition) is 4. The maximum absolute atomic E-state index is 10.9. The Bertz CT molecular complexity index is 659. The van der Waals surface area contributed by atoms with Crippen molar-refractivity contribution < 1.29 is 24.6 Å². The zero-order chi connectivity index (χ0) is 15.1. The molecule has 1 heterocycles. The van der Waals surface area contributed by atoms with Crippen LogP contribution in [0.4, 0.5) is 0 Å². The lowest BCUT2D eigenvalue weighted by atomic mass is 10.1. The summed E-state index contributed by atoms with van der Waals surface area (Å²) in [5.41, 5.74) is 6.33. The van der Waals surface area contributed by atoms with Crippen molar-refractivity contribution in [1.82, 2.24) is 10.2 Å². The molecule has 0 spiro atoms. The van der Waals surface area contributed by atoms with Crippen molar-refractivity contribution in [2.45, 2.75) is 0 Å². The number of nitrogens with zero attached hydrogens (tertiary/aromatic N) is 1. The molecule has 8 heteroatoms. The highest BCUT2D eigenvalue weighted by molar-refractivity contribution is 6.04. The summed E-state index contributed by atoms with van der Waals surface area (Å²) in [5, 5.41) is 23.0. The molecular weight excluding hydrogens is 266 g/mol. The Balaban J connectivity index is 0.000000221. The molecule has 0 unspecified atom stereocenters. The number of amides is 1. The normalized spacial score (nSPS) is 10.0. The van der Waals surface area contributed by atoms with Crippen LogP contribution in [0.15, 0.2) is 36.5 Å². The van der Waals surface area contributed by atoms with Gasteiger partial charge in [0, 0.05) is 17.5 Å². The highest BCUT2D eigenvalue weighted by Gasteiger charge is 2.06. The van der Waals surface area contributed by atoms with Crippen molar-refractivity contribution in [2.75, 3.05) is 0 Å². The van der Waals surface area contributed by atoms with Gasteiger partial charge in [0.2, 0.25) is 0 Å². The number of hydrogen-bond donors (Lipinski definition) is 4. The van der Waals surface area contributed by atoms with Crippen LogP contribution in [0.1, 0.15) is 10.4 Å². The van der Waals surface area contributed by atoms with Crippen LogP contribution < -0.4 is 5.73 Å². The Kier molecular flexibility index (Phi) is 4.98. The van der Waals surface area contributed by atoms with Gasteiger partial charge in [0.15, 0.2) is 0 Å².